The van der Waals surface area contributed by atoms with Crippen LogP contribution >= 0.6 is 0 Å². The zero-order valence-corrected chi connectivity index (χ0v) is 14.7. The Morgan fingerprint density at radius 1 is 1.15 bits per heavy atom. The molecule has 4 rings (SSSR count). The highest BCUT2D eigenvalue weighted by Crippen LogP contribution is 2.37. The number of nitriles is 1. The van der Waals surface area contributed by atoms with Crippen LogP contribution in [0.3, 0.4) is 0 Å². The zero-order valence-electron chi connectivity index (χ0n) is 14.7. The first kappa shape index (κ1) is 17.0. The normalized spacial score (nSPS) is 22.9. The summed E-state index contributed by atoms with van der Waals surface area (Å²) in [6.45, 7) is 5.02. The molecule has 2 aromatic rings. The summed E-state index contributed by atoms with van der Waals surface area (Å²) < 4.78 is 12.3. The molecule has 134 valence electrons. The first-order chi connectivity index (χ1) is 12.8. The Bertz CT molecular complexity index is 796. The molecule has 1 saturated heterocycles. The van der Waals surface area contributed by atoms with Crippen molar-refractivity contribution in [2.75, 3.05) is 32.8 Å². The van der Waals surface area contributed by atoms with Gasteiger partial charge in [-0.05, 0) is 23.8 Å². The summed E-state index contributed by atoms with van der Waals surface area (Å²) >= 11 is 0. The maximum absolute atomic E-state index is 9.08. The standard InChI is InChI=1S/C21H23N3O2/c22-13-16-4-3-5-17(12-16)14-25-20-15-26-19-7-2-1-6-18(19)21(20)24-10-8-23-9-11-24/h1-7,12,20-21,23H,8-11,14-15H2/t20-,21-/m0/s1. The third kappa shape index (κ3) is 3.58. The predicted octanol–water partition coefficient (Wildman–Crippen LogP) is 2.48. The van der Waals surface area contributed by atoms with Gasteiger partial charge in [0.1, 0.15) is 18.5 Å². The second-order valence-corrected chi connectivity index (χ2v) is 6.74. The summed E-state index contributed by atoms with van der Waals surface area (Å²) in [6, 6.07) is 18.2. The van der Waals surface area contributed by atoms with Gasteiger partial charge < -0.3 is 14.8 Å². The maximum atomic E-state index is 9.08. The molecule has 5 heteroatoms. The van der Waals surface area contributed by atoms with E-state index in [0.29, 0.717) is 18.8 Å². The lowest BCUT2D eigenvalue weighted by atomic mass is 9.95. The van der Waals surface area contributed by atoms with Crippen LogP contribution in [-0.2, 0) is 11.3 Å². The lowest BCUT2D eigenvalue weighted by Gasteiger charge is -2.42. The Morgan fingerprint density at radius 2 is 2.00 bits per heavy atom. The number of fused-ring (bicyclic) bond motifs is 1. The van der Waals surface area contributed by atoms with Gasteiger partial charge in [-0.2, -0.15) is 5.26 Å². The van der Waals surface area contributed by atoms with Crippen LogP contribution in [-0.4, -0.2) is 43.8 Å². The molecular formula is C21H23N3O2. The minimum absolute atomic E-state index is 0.0336. The van der Waals surface area contributed by atoms with Crippen LogP contribution in [0, 0.1) is 11.3 Å². The number of para-hydroxylation sites is 1. The minimum atomic E-state index is -0.0336. The molecule has 1 fully saturated rings. The van der Waals surface area contributed by atoms with Gasteiger partial charge in [-0.25, -0.2) is 0 Å². The fraction of sp³-hybridized carbons (Fsp3) is 0.381. The van der Waals surface area contributed by atoms with Crippen LogP contribution < -0.4 is 10.1 Å². The number of hydrogen-bond acceptors (Lipinski definition) is 5. The van der Waals surface area contributed by atoms with E-state index in [4.69, 9.17) is 14.7 Å². The van der Waals surface area contributed by atoms with Gasteiger partial charge in [0, 0.05) is 31.7 Å². The molecule has 2 aromatic carbocycles. The third-order valence-electron chi connectivity index (χ3n) is 5.06. The second kappa shape index (κ2) is 7.88. The van der Waals surface area contributed by atoms with E-state index in [2.05, 4.69) is 28.4 Å². The Morgan fingerprint density at radius 3 is 2.85 bits per heavy atom. The molecule has 0 bridgehead atoms. The fourth-order valence-electron chi connectivity index (χ4n) is 3.78. The number of benzene rings is 2. The highest BCUT2D eigenvalue weighted by molar-refractivity contribution is 5.39. The van der Waals surface area contributed by atoms with E-state index in [1.165, 1.54) is 5.56 Å². The van der Waals surface area contributed by atoms with Gasteiger partial charge in [0.2, 0.25) is 0 Å². The lowest BCUT2D eigenvalue weighted by Crippen LogP contribution is -2.51. The quantitative estimate of drug-likeness (QED) is 0.919. The molecule has 0 spiro atoms. The highest BCUT2D eigenvalue weighted by Gasteiger charge is 2.36. The Hall–Kier alpha value is -2.39. The summed E-state index contributed by atoms with van der Waals surface area (Å²) in [5.74, 6) is 0.961. The molecular weight excluding hydrogens is 326 g/mol. The van der Waals surface area contributed by atoms with Gasteiger partial charge in [0.05, 0.1) is 24.3 Å². The van der Waals surface area contributed by atoms with E-state index < -0.39 is 0 Å². The maximum Gasteiger partial charge on any atom is 0.124 e. The van der Waals surface area contributed by atoms with Gasteiger partial charge in [-0.1, -0.05) is 30.3 Å². The van der Waals surface area contributed by atoms with Crippen molar-refractivity contribution < 1.29 is 9.47 Å². The number of nitrogens with one attached hydrogen (secondary N) is 1. The van der Waals surface area contributed by atoms with Crippen molar-refractivity contribution in [1.29, 1.82) is 5.26 Å². The topological polar surface area (TPSA) is 57.5 Å². The van der Waals surface area contributed by atoms with E-state index >= 15 is 0 Å². The van der Waals surface area contributed by atoms with Gasteiger partial charge in [-0.15, -0.1) is 0 Å². The average Bonchev–Trinajstić information content (AvgIpc) is 2.72. The fourth-order valence-corrected chi connectivity index (χ4v) is 3.78. The van der Waals surface area contributed by atoms with Crippen molar-refractivity contribution in [3.63, 3.8) is 0 Å². The van der Waals surface area contributed by atoms with Crippen LogP contribution in [0.2, 0.25) is 0 Å². The Balaban J connectivity index is 1.54. The van der Waals surface area contributed by atoms with E-state index in [9.17, 15) is 0 Å². The van der Waals surface area contributed by atoms with Crippen LogP contribution in [0.1, 0.15) is 22.7 Å². The smallest absolute Gasteiger partial charge is 0.124 e. The predicted molar refractivity (Wildman–Crippen MR) is 98.9 cm³/mol. The van der Waals surface area contributed by atoms with Crippen molar-refractivity contribution in [3.05, 3.63) is 65.2 Å². The van der Waals surface area contributed by atoms with Crippen LogP contribution in [0.15, 0.2) is 48.5 Å². The summed E-state index contributed by atoms with van der Waals surface area (Å²) in [5.41, 5.74) is 2.88. The van der Waals surface area contributed by atoms with E-state index in [1.807, 2.05) is 36.4 Å². The van der Waals surface area contributed by atoms with Crippen molar-refractivity contribution in [3.8, 4) is 11.8 Å². The lowest BCUT2D eigenvalue weighted by molar-refractivity contribution is -0.0617. The molecule has 26 heavy (non-hydrogen) atoms. The molecule has 0 radical (unpaired) electrons. The largest absolute Gasteiger partial charge is 0.490 e. The van der Waals surface area contributed by atoms with Crippen LogP contribution in [0.25, 0.3) is 0 Å². The summed E-state index contributed by atoms with van der Waals surface area (Å²) in [7, 11) is 0. The van der Waals surface area contributed by atoms with E-state index in [-0.39, 0.29) is 12.1 Å². The zero-order chi connectivity index (χ0) is 17.8. The molecule has 0 amide bonds. The van der Waals surface area contributed by atoms with Gasteiger partial charge in [0.25, 0.3) is 0 Å². The van der Waals surface area contributed by atoms with Crippen LogP contribution in [0.4, 0.5) is 0 Å². The van der Waals surface area contributed by atoms with Crippen molar-refractivity contribution in [2.24, 2.45) is 0 Å². The van der Waals surface area contributed by atoms with Crippen LogP contribution in [0.5, 0.6) is 5.75 Å². The molecule has 2 heterocycles. The number of nitrogens with zero attached hydrogens (tertiary/aromatic N) is 2. The number of rotatable bonds is 4. The van der Waals surface area contributed by atoms with E-state index in [0.717, 1.165) is 37.5 Å². The molecule has 0 unspecified atom stereocenters. The van der Waals surface area contributed by atoms with Crippen molar-refractivity contribution in [2.45, 2.75) is 18.8 Å². The number of hydrogen-bond donors (Lipinski definition) is 1. The summed E-state index contributed by atoms with van der Waals surface area (Å²) in [5, 5.41) is 12.5. The first-order valence-corrected chi connectivity index (χ1v) is 9.12. The van der Waals surface area contributed by atoms with Crippen molar-refractivity contribution in [1.82, 2.24) is 10.2 Å². The molecule has 2 aliphatic rings. The molecule has 5 nitrogen and oxygen atoms in total. The molecule has 0 aromatic heterocycles. The Labute approximate surface area is 154 Å². The Kier molecular flexibility index (Phi) is 5.16. The van der Waals surface area contributed by atoms with E-state index in [1.54, 1.807) is 0 Å². The number of piperazine rings is 1. The average molecular weight is 349 g/mol. The van der Waals surface area contributed by atoms with Gasteiger partial charge in [0.15, 0.2) is 0 Å². The summed E-state index contributed by atoms with van der Waals surface area (Å²) in [6.07, 6.45) is -0.0336. The molecule has 2 atom stereocenters. The molecule has 1 N–H and O–H groups in total. The minimum Gasteiger partial charge on any atom is -0.490 e. The number of ether oxygens (including phenoxy) is 2. The van der Waals surface area contributed by atoms with Crippen molar-refractivity contribution >= 4 is 0 Å². The van der Waals surface area contributed by atoms with Gasteiger partial charge in [-0.3, -0.25) is 4.90 Å². The summed E-state index contributed by atoms with van der Waals surface area (Å²) in [4.78, 5) is 2.49. The second-order valence-electron chi connectivity index (χ2n) is 6.74. The monoisotopic (exact) mass is 349 g/mol. The highest BCUT2D eigenvalue weighted by atomic mass is 16.5. The molecule has 0 saturated carbocycles. The van der Waals surface area contributed by atoms with Gasteiger partial charge >= 0.3 is 0 Å². The SMILES string of the molecule is N#Cc1cccc(CO[C@H]2COc3ccccc3[C@@H]2N2CCNCC2)c1. The first-order valence-electron chi connectivity index (χ1n) is 9.12. The third-order valence-corrected chi connectivity index (χ3v) is 5.06. The molecule has 2 aliphatic heterocycles. The molecule has 0 aliphatic carbocycles.